The number of anilines is 2. The van der Waals surface area contributed by atoms with Crippen molar-refractivity contribution in [1.82, 2.24) is 9.97 Å². The minimum absolute atomic E-state index is 0.429. The van der Waals surface area contributed by atoms with Gasteiger partial charge in [0.2, 0.25) is 5.88 Å². The summed E-state index contributed by atoms with van der Waals surface area (Å²) in [5.41, 5.74) is 9.11. The molecule has 23 heavy (non-hydrogen) atoms. The number of piperidine rings is 1. The Balaban J connectivity index is 1.87. The molecule has 122 valence electrons. The van der Waals surface area contributed by atoms with Crippen molar-refractivity contribution in [3.8, 4) is 11.6 Å². The normalized spacial score (nSPS) is 18.0. The summed E-state index contributed by atoms with van der Waals surface area (Å²) in [6.45, 7) is 8.31. The smallest absolute Gasteiger partial charge is 0.248 e. The van der Waals surface area contributed by atoms with Crippen LogP contribution in [0.2, 0.25) is 0 Å². The van der Waals surface area contributed by atoms with E-state index >= 15 is 0 Å². The zero-order chi connectivity index (χ0) is 16.4. The van der Waals surface area contributed by atoms with Crippen molar-refractivity contribution in [1.29, 1.82) is 0 Å². The largest absolute Gasteiger partial charge is 0.437 e. The van der Waals surface area contributed by atoms with Gasteiger partial charge in [0.25, 0.3) is 0 Å². The second-order valence-electron chi connectivity index (χ2n) is 6.53. The van der Waals surface area contributed by atoms with Gasteiger partial charge < -0.3 is 15.4 Å². The molecule has 0 radical (unpaired) electrons. The molecule has 2 N–H and O–H groups in total. The van der Waals surface area contributed by atoms with Gasteiger partial charge in [0.1, 0.15) is 17.8 Å². The molecule has 1 saturated heterocycles. The Kier molecular flexibility index (Phi) is 4.37. The van der Waals surface area contributed by atoms with Gasteiger partial charge in [-0.1, -0.05) is 13.0 Å². The van der Waals surface area contributed by atoms with Gasteiger partial charge in [0, 0.05) is 13.1 Å². The number of nitrogens with two attached hydrogens (primary N) is 1. The van der Waals surface area contributed by atoms with Crippen LogP contribution in [0.25, 0.3) is 0 Å². The predicted octanol–water partition coefficient (Wildman–Crippen LogP) is 3.70. The second kappa shape index (κ2) is 6.44. The standard InChI is InChI=1S/C18H24N4O/c1-12-5-4-6-22(10-12)17-16(19)18(21-11-20-17)23-15-8-13(2)7-14(3)9-15/h7-9,11-12H,4-6,10,19H2,1-3H3. The van der Waals surface area contributed by atoms with Gasteiger partial charge in [0.05, 0.1) is 0 Å². The Hall–Kier alpha value is -2.30. The van der Waals surface area contributed by atoms with Gasteiger partial charge >= 0.3 is 0 Å². The maximum Gasteiger partial charge on any atom is 0.248 e. The molecular weight excluding hydrogens is 288 g/mol. The van der Waals surface area contributed by atoms with E-state index in [1.165, 1.54) is 12.7 Å². The van der Waals surface area contributed by atoms with Crippen molar-refractivity contribution in [2.24, 2.45) is 5.92 Å². The second-order valence-corrected chi connectivity index (χ2v) is 6.53. The highest BCUT2D eigenvalue weighted by Gasteiger charge is 2.21. The van der Waals surface area contributed by atoms with Gasteiger partial charge in [-0.2, -0.15) is 4.98 Å². The lowest BCUT2D eigenvalue weighted by Crippen LogP contribution is -2.35. The molecule has 1 aliphatic rings. The topological polar surface area (TPSA) is 64.3 Å². The number of benzene rings is 1. The summed E-state index contributed by atoms with van der Waals surface area (Å²) in [4.78, 5) is 10.8. The molecule has 0 spiro atoms. The molecule has 1 aromatic heterocycles. The molecule has 1 fully saturated rings. The van der Waals surface area contributed by atoms with Crippen molar-refractivity contribution >= 4 is 11.5 Å². The van der Waals surface area contributed by atoms with E-state index in [1.807, 2.05) is 26.0 Å². The van der Waals surface area contributed by atoms with Crippen molar-refractivity contribution < 1.29 is 4.74 Å². The zero-order valence-electron chi connectivity index (χ0n) is 14.0. The van der Waals surface area contributed by atoms with Crippen molar-refractivity contribution in [2.45, 2.75) is 33.6 Å². The number of hydrogen-bond donors (Lipinski definition) is 1. The molecule has 0 amide bonds. The Labute approximate surface area is 137 Å². The van der Waals surface area contributed by atoms with E-state index in [0.29, 0.717) is 17.5 Å². The third kappa shape index (κ3) is 3.55. The first-order valence-corrected chi connectivity index (χ1v) is 8.14. The summed E-state index contributed by atoms with van der Waals surface area (Å²) in [5, 5.41) is 0. The van der Waals surface area contributed by atoms with Crippen LogP contribution in [0.5, 0.6) is 11.6 Å². The first-order valence-electron chi connectivity index (χ1n) is 8.14. The molecule has 1 atom stereocenters. The van der Waals surface area contributed by atoms with Crippen LogP contribution in [0.4, 0.5) is 11.5 Å². The molecule has 0 aliphatic carbocycles. The number of nitrogen functional groups attached to an aromatic ring is 1. The van der Waals surface area contributed by atoms with E-state index in [-0.39, 0.29) is 0 Å². The van der Waals surface area contributed by atoms with Crippen LogP contribution in [0.15, 0.2) is 24.5 Å². The first-order chi connectivity index (χ1) is 11.0. The van der Waals surface area contributed by atoms with Crippen LogP contribution in [0.1, 0.15) is 30.9 Å². The number of rotatable bonds is 3. The molecule has 1 aliphatic heterocycles. The predicted molar refractivity (Wildman–Crippen MR) is 93.0 cm³/mol. The summed E-state index contributed by atoms with van der Waals surface area (Å²) in [6.07, 6.45) is 3.95. The summed E-state index contributed by atoms with van der Waals surface area (Å²) < 4.78 is 5.93. The maximum atomic E-state index is 6.29. The highest BCUT2D eigenvalue weighted by atomic mass is 16.5. The highest BCUT2D eigenvalue weighted by molar-refractivity contribution is 5.68. The molecule has 1 unspecified atom stereocenters. The van der Waals surface area contributed by atoms with E-state index in [9.17, 15) is 0 Å². The van der Waals surface area contributed by atoms with Crippen molar-refractivity contribution in [3.05, 3.63) is 35.7 Å². The average Bonchev–Trinajstić information content (AvgIpc) is 2.48. The number of hydrogen-bond acceptors (Lipinski definition) is 5. The van der Waals surface area contributed by atoms with Crippen LogP contribution >= 0.6 is 0 Å². The summed E-state index contributed by atoms with van der Waals surface area (Å²) in [6, 6.07) is 6.07. The van der Waals surface area contributed by atoms with Crippen molar-refractivity contribution in [2.75, 3.05) is 23.7 Å². The van der Waals surface area contributed by atoms with Crippen molar-refractivity contribution in [3.63, 3.8) is 0 Å². The lowest BCUT2D eigenvalue weighted by molar-refractivity contribution is 0.441. The maximum absolute atomic E-state index is 6.29. The monoisotopic (exact) mass is 312 g/mol. The fraction of sp³-hybridized carbons (Fsp3) is 0.444. The number of ether oxygens (including phenoxy) is 1. The number of nitrogens with zero attached hydrogens (tertiary/aromatic N) is 3. The van der Waals surface area contributed by atoms with Crippen LogP contribution in [-0.2, 0) is 0 Å². The van der Waals surface area contributed by atoms with Gasteiger partial charge in [-0.05, 0) is 55.9 Å². The Morgan fingerprint density at radius 1 is 1.17 bits per heavy atom. The average molecular weight is 312 g/mol. The summed E-state index contributed by atoms with van der Waals surface area (Å²) in [7, 11) is 0. The lowest BCUT2D eigenvalue weighted by Gasteiger charge is -2.32. The summed E-state index contributed by atoms with van der Waals surface area (Å²) in [5.74, 6) is 2.62. The molecule has 2 heterocycles. The van der Waals surface area contributed by atoms with E-state index in [1.54, 1.807) is 0 Å². The lowest BCUT2D eigenvalue weighted by atomic mass is 10.0. The quantitative estimate of drug-likeness (QED) is 0.936. The third-order valence-electron chi connectivity index (χ3n) is 4.19. The van der Waals surface area contributed by atoms with Gasteiger partial charge in [-0.15, -0.1) is 0 Å². The molecule has 3 rings (SSSR count). The van der Waals surface area contributed by atoms with E-state index in [0.717, 1.165) is 42.2 Å². The van der Waals surface area contributed by atoms with Crippen LogP contribution in [-0.4, -0.2) is 23.1 Å². The van der Waals surface area contributed by atoms with Gasteiger partial charge in [-0.25, -0.2) is 4.98 Å². The number of aryl methyl sites for hydroxylation is 2. The van der Waals surface area contributed by atoms with Crippen LogP contribution in [0, 0.1) is 19.8 Å². The molecule has 5 heteroatoms. The number of aromatic nitrogens is 2. The third-order valence-corrected chi connectivity index (χ3v) is 4.19. The summed E-state index contributed by atoms with van der Waals surface area (Å²) >= 11 is 0. The molecule has 0 bridgehead atoms. The van der Waals surface area contributed by atoms with E-state index in [2.05, 4.69) is 27.9 Å². The van der Waals surface area contributed by atoms with Crippen LogP contribution in [0.3, 0.4) is 0 Å². The zero-order valence-corrected chi connectivity index (χ0v) is 14.0. The molecule has 2 aromatic rings. The highest BCUT2D eigenvalue weighted by Crippen LogP contribution is 2.33. The first kappa shape index (κ1) is 15.6. The van der Waals surface area contributed by atoms with E-state index in [4.69, 9.17) is 10.5 Å². The SMILES string of the molecule is Cc1cc(C)cc(Oc2ncnc(N3CCCC(C)C3)c2N)c1. The Morgan fingerprint density at radius 3 is 2.61 bits per heavy atom. The Bertz CT molecular complexity index is 681. The Morgan fingerprint density at radius 2 is 1.91 bits per heavy atom. The van der Waals surface area contributed by atoms with Gasteiger partial charge in [0.15, 0.2) is 5.82 Å². The minimum Gasteiger partial charge on any atom is -0.437 e. The molecule has 0 saturated carbocycles. The van der Waals surface area contributed by atoms with Crippen LogP contribution < -0.4 is 15.4 Å². The fourth-order valence-corrected chi connectivity index (χ4v) is 3.19. The van der Waals surface area contributed by atoms with E-state index < -0.39 is 0 Å². The fourth-order valence-electron chi connectivity index (χ4n) is 3.19. The molecular formula is C18H24N4O. The molecule has 5 nitrogen and oxygen atoms in total. The molecule has 1 aromatic carbocycles. The van der Waals surface area contributed by atoms with Gasteiger partial charge in [-0.3, -0.25) is 0 Å². The minimum atomic E-state index is 0.429.